The lowest BCUT2D eigenvalue weighted by molar-refractivity contribution is -0.114. The maximum atomic E-state index is 11.3. The summed E-state index contributed by atoms with van der Waals surface area (Å²) in [5.41, 5.74) is 1.16. The highest BCUT2D eigenvalue weighted by Gasteiger charge is 2.16. The zero-order valence-corrected chi connectivity index (χ0v) is 8.83. The molecular formula is C12H9NOS. The van der Waals surface area contributed by atoms with Crippen molar-refractivity contribution in [1.82, 2.24) is 4.57 Å². The van der Waals surface area contributed by atoms with Crippen LogP contribution in [0.2, 0.25) is 0 Å². The molecule has 3 rings (SSSR count). The summed E-state index contributed by atoms with van der Waals surface area (Å²) in [4.78, 5) is 12.5. The lowest BCUT2D eigenvalue weighted by Gasteiger charge is -2.09. The molecule has 0 saturated heterocycles. The predicted molar refractivity (Wildman–Crippen MR) is 61.4 cm³/mol. The van der Waals surface area contributed by atoms with E-state index in [1.54, 1.807) is 17.8 Å². The van der Waals surface area contributed by atoms with Crippen LogP contribution >= 0.6 is 11.8 Å². The first-order valence-corrected chi connectivity index (χ1v) is 5.61. The van der Waals surface area contributed by atoms with E-state index in [4.69, 9.17) is 0 Å². The number of allylic oxidation sites excluding steroid dienone is 5. The van der Waals surface area contributed by atoms with Gasteiger partial charge in [0, 0.05) is 23.7 Å². The molecule has 1 aromatic heterocycles. The minimum Gasteiger partial charge on any atom is -0.318 e. The van der Waals surface area contributed by atoms with Crippen LogP contribution in [-0.4, -0.2) is 10.4 Å². The molecule has 2 aliphatic rings. The van der Waals surface area contributed by atoms with E-state index in [1.807, 2.05) is 24.5 Å². The van der Waals surface area contributed by atoms with Gasteiger partial charge in [0.25, 0.3) is 0 Å². The van der Waals surface area contributed by atoms with Crippen LogP contribution in [0.15, 0.2) is 52.1 Å². The van der Waals surface area contributed by atoms with Crippen LogP contribution in [-0.2, 0) is 4.79 Å². The fraction of sp³-hybridized carbons (Fsp3) is 0.0833. The van der Waals surface area contributed by atoms with E-state index in [9.17, 15) is 4.79 Å². The molecule has 0 bridgehead atoms. The third-order valence-electron chi connectivity index (χ3n) is 2.49. The van der Waals surface area contributed by atoms with Crippen LogP contribution in [0.1, 0.15) is 6.42 Å². The molecule has 1 aliphatic heterocycles. The second-order valence-electron chi connectivity index (χ2n) is 3.53. The first-order chi connectivity index (χ1) is 7.33. The molecule has 0 N–H and O–H groups in total. The Morgan fingerprint density at radius 3 is 3.13 bits per heavy atom. The molecule has 0 amide bonds. The molecule has 0 spiro atoms. The fourth-order valence-corrected chi connectivity index (χ4v) is 2.81. The molecule has 2 nitrogen and oxygen atoms in total. The van der Waals surface area contributed by atoms with Crippen LogP contribution in [0, 0.1) is 0 Å². The van der Waals surface area contributed by atoms with Crippen molar-refractivity contribution < 1.29 is 4.79 Å². The first-order valence-electron chi connectivity index (χ1n) is 4.80. The zero-order valence-electron chi connectivity index (χ0n) is 8.01. The Bertz CT molecular complexity index is 519. The van der Waals surface area contributed by atoms with Crippen molar-refractivity contribution >= 4 is 23.7 Å². The number of carbonyl (C=O) groups excluding carboxylic acids is 1. The second-order valence-corrected chi connectivity index (χ2v) is 4.64. The van der Waals surface area contributed by atoms with Gasteiger partial charge in [-0.05, 0) is 29.9 Å². The van der Waals surface area contributed by atoms with Gasteiger partial charge in [0.15, 0.2) is 5.78 Å². The molecule has 3 heteroatoms. The van der Waals surface area contributed by atoms with Crippen molar-refractivity contribution in [3.8, 4) is 0 Å². The Hall–Kier alpha value is -1.48. The number of ketones is 1. The number of hydrogen-bond acceptors (Lipinski definition) is 2. The fourth-order valence-electron chi connectivity index (χ4n) is 1.71. The number of fused-ring (bicyclic) bond motifs is 1. The van der Waals surface area contributed by atoms with Crippen LogP contribution in [0.3, 0.4) is 0 Å². The van der Waals surface area contributed by atoms with Crippen molar-refractivity contribution in [1.29, 1.82) is 0 Å². The Morgan fingerprint density at radius 2 is 2.20 bits per heavy atom. The van der Waals surface area contributed by atoms with E-state index >= 15 is 0 Å². The van der Waals surface area contributed by atoms with Gasteiger partial charge in [0.05, 0.1) is 5.03 Å². The highest BCUT2D eigenvalue weighted by atomic mass is 32.2. The number of thioether (sulfide) groups is 1. The van der Waals surface area contributed by atoms with Gasteiger partial charge in [-0.2, -0.15) is 0 Å². The van der Waals surface area contributed by atoms with Gasteiger partial charge >= 0.3 is 0 Å². The second kappa shape index (κ2) is 3.28. The van der Waals surface area contributed by atoms with Crippen LogP contribution in [0.4, 0.5) is 0 Å². The van der Waals surface area contributed by atoms with Gasteiger partial charge in [-0.15, -0.1) is 0 Å². The minimum absolute atomic E-state index is 0.189. The molecule has 0 unspecified atom stereocenters. The van der Waals surface area contributed by atoms with Gasteiger partial charge < -0.3 is 4.57 Å². The Morgan fingerprint density at radius 1 is 1.27 bits per heavy atom. The van der Waals surface area contributed by atoms with E-state index in [0.717, 1.165) is 10.5 Å². The van der Waals surface area contributed by atoms with E-state index in [-0.39, 0.29) is 5.78 Å². The maximum absolute atomic E-state index is 11.3. The largest absolute Gasteiger partial charge is 0.318 e. The normalized spacial score (nSPS) is 18.8. The van der Waals surface area contributed by atoms with Crippen molar-refractivity contribution in [2.45, 2.75) is 11.4 Å². The van der Waals surface area contributed by atoms with E-state index in [2.05, 4.69) is 16.7 Å². The number of rotatable bonds is 0. The molecule has 74 valence electrons. The third-order valence-corrected chi connectivity index (χ3v) is 3.67. The Kier molecular flexibility index (Phi) is 1.92. The number of carbonyl (C=O) groups is 1. The molecular weight excluding hydrogens is 206 g/mol. The number of hydrogen-bond donors (Lipinski definition) is 0. The van der Waals surface area contributed by atoms with Crippen molar-refractivity contribution in [3.63, 3.8) is 0 Å². The summed E-state index contributed by atoms with van der Waals surface area (Å²) in [5.74, 6) is 0.189. The summed E-state index contributed by atoms with van der Waals surface area (Å²) in [5, 5.41) is 1.17. The van der Waals surface area contributed by atoms with Gasteiger partial charge in [-0.1, -0.05) is 17.8 Å². The number of aromatic nitrogens is 1. The Balaban J connectivity index is 2.07. The molecule has 1 aliphatic carbocycles. The molecule has 0 aromatic carbocycles. The maximum Gasteiger partial charge on any atom is 0.160 e. The lowest BCUT2D eigenvalue weighted by Crippen LogP contribution is -2.00. The zero-order chi connectivity index (χ0) is 10.3. The topological polar surface area (TPSA) is 22.0 Å². The summed E-state index contributed by atoms with van der Waals surface area (Å²) in [6.07, 6.45) is 10.2. The summed E-state index contributed by atoms with van der Waals surface area (Å²) < 4.78 is 2.07. The van der Waals surface area contributed by atoms with Crippen LogP contribution < -0.4 is 0 Å². The molecule has 1 aromatic rings. The van der Waals surface area contributed by atoms with Crippen molar-refractivity contribution in [2.24, 2.45) is 0 Å². The smallest absolute Gasteiger partial charge is 0.160 e. The van der Waals surface area contributed by atoms with Crippen molar-refractivity contribution in [2.75, 3.05) is 0 Å². The van der Waals surface area contributed by atoms with Gasteiger partial charge in [0.2, 0.25) is 0 Å². The summed E-state index contributed by atoms with van der Waals surface area (Å²) in [7, 11) is 0. The third kappa shape index (κ3) is 1.49. The van der Waals surface area contributed by atoms with E-state index in [1.165, 1.54) is 5.03 Å². The molecule has 0 radical (unpaired) electrons. The summed E-state index contributed by atoms with van der Waals surface area (Å²) in [6.45, 7) is 0. The Labute approximate surface area is 92.0 Å². The summed E-state index contributed by atoms with van der Waals surface area (Å²) >= 11 is 1.68. The summed E-state index contributed by atoms with van der Waals surface area (Å²) in [6, 6.07) is 4.08. The lowest BCUT2D eigenvalue weighted by atomic mass is 10.1. The first kappa shape index (κ1) is 8.80. The number of nitrogens with zero attached hydrogens (tertiary/aromatic N) is 1. The SMILES string of the molecule is O=C1C=CC2=C(C1)Sc1cccn1C=C2. The van der Waals surface area contributed by atoms with Crippen LogP contribution in [0.5, 0.6) is 0 Å². The quantitative estimate of drug-likeness (QED) is 0.664. The average Bonchev–Trinajstić information content (AvgIpc) is 2.58. The monoisotopic (exact) mass is 215 g/mol. The van der Waals surface area contributed by atoms with Gasteiger partial charge in [0.1, 0.15) is 0 Å². The molecule has 0 fully saturated rings. The standard InChI is InChI=1S/C12H9NOS/c14-10-4-3-9-5-7-13-6-1-2-12(13)15-11(9)8-10/h1-7H,8H2. The highest BCUT2D eigenvalue weighted by Crippen LogP contribution is 2.36. The highest BCUT2D eigenvalue weighted by molar-refractivity contribution is 8.03. The molecule has 15 heavy (non-hydrogen) atoms. The average molecular weight is 215 g/mol. The minimum atomic E-state index is 0.189. The van der Waals surface area contributed by atoms with Gasteiger partial charge in [-0.3, -0.25) is 4.79 Å². The van der Waals surface area contributed by atoms with Gasteiger partial charge in [-0.25, -0.2) is 0 Å². The van der Waals surface area contributed by atoms with E-state index < -0.39 is 0 Å². The molecule has 2 heterocycles. The molecule has 0 saturated carbocycles. The van der Waals surface area contributed by atoms with Crippen molar-refractivity contribution in [3.05, 3.63) is 47.0 Å². The molecule has 0 atom stereocenters. The van der Waals surface area contributed by atoms with E-state index in [0.29, 0.717) is 6.42 Å². The van der Waals surface area contributed by atoms with Crippen LogP contribution in [0.25, 0.3) is 6.20 Å². The predicted octanol–water partition coefficient (Wildman–Crippen LogP) is 2.85.